The predicted octanol–water partition coefficient (Wildman–Crippen LogP) is 1.48. The molecule has 2 aromatic carbocycles. The fourth-order valence-corrected chi connectivity index (χ4v) is 3.90. The normalized spacial score (nSPS) is 26.3. The smallest absolute Gasteiger partial charge is 0.341 e. The molecule has 0 aliphatic carbocycles. The van der Waals surface area contributed by atoms with Gasteiger partial charge in [0, 0.05) is 18.4 Å². The Hall–Kier alpha value is -3.02. The van der Waals surface area contributed by atoms with Crippen molar-refractivity contribution in [1.82, 2.24) is 5.32 Å². The summed E-state index contributed by atoms with van der Waals surface area (Å²) in [4.78, 5) is 25.2. The Bertz CT molecular complexity index is 1090. The number of aliphatic hydroxyl groups is 4. The van der Waals surface area contributed by atoms with E-state index in [1.165, 1.54) is 18.2 Å². The summed E-state index contributed by atoms with van der Waals surface area (Å²) in [6, 6.07) is 14.7. The summed E-state index contributed by atoms with van der Waals surface area (Å²) in [6.45, 7) is 7.41. The van der Waals surface area contributed by atoms with E-state index in [0.29, 0.717) is 12.0 Å². The van der Waals surface area contributed by atoms with Gasteiger partial charge in [-0.25, -0.2) is 9.59 Å². The van der Waals surface area contributed by atoms with Crippen molar-refractivity contribution in [2.24, 2.45) is 0 Å². The van der Waals surface area contributed by atoms with Crippen molar-refractivity contribution in [3.8, 4) is 5.75 Å². The summed E-state index contributed by atoms with van der Waals surface area (Å²) >= 11 is 0. The third-order valence-corrected chi connectivity index (χ3v) is 6.45. The molecule has 5 unspecified atom stereocenters. The lowest BCUT2D eigenvalue weighted by Crippen LogP contribution is -2.59. The number of carbonyl (C=O) groups excluding carboxylic acids is 2. The first-order valence-corrected chi connectivity index (χ1v) is 12.2. The second-order valence-electron chi connectivity index (χ2n) is 9.72. The minimum atomic E-state index is -2.66. The summed E-state index contributed by atoms with van der Waals surface area (Å²) in [7, 11) is 0. The molecule has 1 aliphatic heterocycles. The first-order valence-electron chi connectivity index (χ1n) is 12.2. The Balaban J connectivity index is 2.11. The van der Waals surface area contributed by atoms with Crippen molar-refractivity contribution in [3.05, 3.63) is 65.7 Å². The van der Waals surface area contributed by atoms with Crippen LogP contribution in [0, 0.1) is 0 Å². The molecule has 0 saturated carbocycles. The summed E-state index contributed by atoms with van der Waals surface area (Å²) < 4.78 is 16.7. The number of para-hydroxylation sites is 1. The first-order chi connectivity index (χ1) is 17.3. The Kier molecular flexibility index (Phi) is 8.61. The van der Waals surface area contributed by atoms with Crippen molar-refractivity contribution in [1.29, 1.82) is 0 Å². The highest BCUT2D eigenvalue weighted by molar-refractivity contribution is 5.86. The van der Waals surface area contributed by atoms with Crippen LogP contribution in [0.5, 0.6) is 5.75 Å². The Morgan fingerprint density at radius 1 is 0.946 bits per heavy atom. The lowest BCUT2D eigenvalue weighted by atomic mass is 9.92. The number of hydrogen-bond acceptors (Lipinski definition) is 10. The second kappa shape index (κ2) is 11.2. The molecule has 1 saturated heterocycles. The number of carbonyl (C=O) groups is 2. The van der Waals surface area contributed by atoms with Gasteiger partial charge >= 0.3 is 11.9 Å². The zero-order valence-electron chi connectivity index (χ0n) is 21.4. The number of cyclic esters (lactones) is 2. The molecule has 1 aliphatic rings. The van der Waals surface area contributed by atoms with Gasteiger partial charge in [0.15, 0.2) is 18.3 Å². The summed E-state index contributed by atoms with van der Waals surface area (Å²) in [5, 5.41) is 46.3. The molecule has 3 rings (SSSR count). The van der Waals surface area contributed by atoms with E-state index < -0.39 is 47.5 Å². The van der Waals surface area contributed by atoms with Crippen LogP contribution in [0.1, 0.15) is 51.7 Å². The molecule has 0 amide bonds. The number of ether oxygens (including phenoxy) is 3. The highest BCUT2D eigenvalue weighted by Crippen LogP contribution is 2.39. The van der Waals surface area contributed by atoms with E-state index in [9.17, 15) is 30.0 Å². The Morgan fingerprint density at radius 2 is 1.54 bits per heavy atom. The molecule has 0 radical (unpaired) electrons. The molecule has 0 aromatic heterocycles. The maximum absolute atomic E-state index is 12.7. The topological polar surface area (TPSA) is 155 Å². The minimum absolute atomic E-state index is 0.0636. The molecule has 5 N–H and O–H groups in total. The van der Waals surface area contributed by atoms with Gasteiger partial charge < -0.3 is 34.6 Å². The monoisotopic (exact) mass is 517 g/mol. The van der Waals surface area contributed by atoms with Gasteiger partial charge in [-0.15, -0.1) is 0 Å². The minimum Gasteiger partial charge on any atom is -0.453 e. The van der Waals surface area contributed by atoms with Gasteiger partial charge in [-0.05, 0) is 38.0 Å². The number of esters is 2. The van der Waals surface area contributed by atoms with Crippen LogP contribution in [0.15, 0.2) is 54.6 Å². The summed E-state index contributed by atoms with van der Waals surface area (Å²) in [6.07, 6.45) is -5.38. The van der Waals surface area contributed by atoms with E-state index in [-0.39, 0.29) is 24.2 Å². The largest absolute Gasteiger partial charge is 0.453 e. The van der Waals surface area contributed by atoms with Crippen LogP contribution in [0.4, 0.5) is 0 Å². The zero-order valence-corrected chi connectivity index (χ0v) is 21.4. The van der Waals surface area contributed by atoms with E-state index in [1.807, 2.05) is 20.8 Å². The molecule has 10 nitrogen and oxygen atoms in total. The second-order valence-corrected chi connectivity index (χ2v) is 9.72. The molecule has 2 aromatic rings. The van der Waals surface area contributed by atoms with Crippen LogP contribution >= 0.6 is 0 Å². The fourth-order valence-electron chi connectivity index (χ4n) is 3.90. The van der Waals surface area contributed by atoms with Crippen LogP contribution in [0.2, 0.25) is 0 Å². The first kappa shape index (κ1) is 28.5. The van der Waals surface area contributed by atoms with Crippen molar-refractivity contribution in [2.75, 3.05) is 0 Å². The lowest BCUT2D eigenvalue weighted by Gasteiger charge is -2.41. The molecule has 5 atom stereocenters. The molecule has 10 heteroatoms. The quantitative estimate of drug-likeness (QED) is 0.244. The zero-order chi connectivity index (χ0) is 27.4. The third kappa shape index (κ3) is 6.46. The van der Waals surface area contributed by atoms with Crippen LogP contribution in [-0.2, 0) is 31.3 Å². The standard InChI is InChI=1S/C27H35NO9/c1-5-25(3,4)28-26(33,6-2)36-19-15-11-10-14-18(19)27(34)20(16-17-12-8-7-9-13-17)35-23(31)21(29)22(30)24(32)37-27/h7-15,20-22,28-30,33-34H,5-6,16H2,1-4H3. The van der Waals surface area contributed by atoms with Gasteiger partial charge in [0.1, 0.15) is 5.75 Å². The summed E-state index contributed by atoms with van der Waals surface area (Å²) in [5.41, 5.74) is -0.0292. The number of benzene rings is 2. The predicted molar refractivity (Wildman–Crippen MR) is 132 cm³/mol. The van der Waals surface area contributed by atoms with Crippen LogP contribution in [0.25, 0.3) is 0 Å². The molecule has 37 heavy (non-hydrogen) atoms. The highest BCUT2D eigenvalue weighted by atomic mass is 16.7. The van der Waals surface area contributed by atoms with Gasteiger partial charge in [-0.1, -0.05) is 56.3 Å². The molecule has 1 heterocycles. The molecule has 202 valence electrons. The van der Waals surface area contributed by atoms with Gasteiger partial charge in [-0.2, -0.15) is 0 Å². The van der Waals surface area contributed by atoms with Crippen LogP contribution < -0.4 is 10.1 Å². The average molecular weight is 518 g/mol. The molecule has 0 bridgehead atoms. The van der Waals surface area contributed by atoms with E-state index in [1.54, 1.807) is 43.3 Å². The number of nitrogens with one attached hydrogen (secondary N) is 1. The van der Waals surface area contributed by atoms with Crippen molar-refractivity contribution in [3.63, 3.8) is 0 Å². The van der Waals surface area contributed by atoms with E-state index in [4.69, 9.17) is 14.2 Å². The van der Waals surface area contributed by atoms with Gasteiger partial charge in [0.25, 0.3) is 11.7 Å². The Morgan fingerprint density at radius 3 is 2.16 bits per heavy atom. The van der Waals surface area contributed by atoms with Crippen LogP contribution in [0.3, 0.4) is 0 Å². The van der Waals surface area contributed by atoms with Crippen LogP contribution in [-0.4, -0.2) is 62.1 Å². The maximum Gasteiger partial charge on any atom is 0.341 e. The third-order valence-electron chi connectivity index (χ3n) is 6.45. The average Bonchev–Trinajstić information content (AvgIpc) is 2.87. The molecular weight excluding hydrogens is 482 g/mol. The summed E-state index contributed by atoms with van der Waals surface area (Å²) in [5.74, 6) is -7.34. The number of aliphatic hydroxyl groups excluding tert-OH is 2. The number of hydrogen-bond donors (Lipinski definition) is 5. The number of rotatable bonds is 9. The van der Waals surface area contributed by atoms with E-state index in [0.717, 1.165) is 0 Å². The van der Waals surface area contributed by atoms with Crippen molar-refractivity contribution in [2.45, 2.75) is 82.5 Å². The van der Waals surface area contributed by atoms with E-state index >= 15 is 0 Å². The van der Waals surface area contributed by atoms with Crippen molar-refractivity contribution < 1.29 is 44.2 Å². The molecule has 1 fully saturated rings. The lowest BCUT2D eigenvalue weighted by molar-refractivity contribution is -0.279. The van der Waals surface area contributed by atoms with E-state index in [2.05, 4.69) is 5.32 Å². The van der Waals surface area contributed by atoms with Crippen molar-refractivity contribution >= 4 is 11.9 Å². The Labute approximate surface area is 215 Å². The molecule has 0 spiro atoms. The van der Waals surface area contributed by atoms with Gasteiger partial charge in [-0.3, -0.25) is 5.32 Å². The fraction of sp³-hybridized carbons (Fsp3) is 0.481. The van der Waals surface area contributed by atoms with Gasteiger partial charge in [0.05, 0.1) is 5.56 Å². The maximum atomic E-state index is 12.7. The highest BCUT2D eigenvalue weighted by Gasteiger charge is 2.52. The SMILES string of the molecule is CCC(C)(C)NC(O)(CC)Oc1ccccc1C1(O)OC(=O)C(O)C(O)C(=O)OC1Cc1ccccc1. The van der Waals surface area contributed by atoms with Gasteiger partial charge in [0.2, 0.25) is 0 Å². The molecular formula is C27H35NO9.